The molecular weight excluding hydrogens is 186 g/mol. The number of nitrogens with one attached hydrogen (secondary N) is 2. The van der Waals surface area contributed by atoms with Crippen LogP contribution in [0.25, 0.3) is 0 Å². The lowest BCUT2D eigenvalue weighted by molar-refractivity contribution is -0.132. The zero-order valence-electron chi connectivity index (χ0n) is 8.34. The molecule has 1 fully saturated rings. The molecule has 0 spiro atoms. The zero-order chi connectivity index (χ0) is 10.2. The largest absolute Gasteiger partial charge is 0.297 e. The molecule has 0 saturated carbocycles. The van der Waals surface area contributed by atoms with Crippen LogP contribution in [0, 0.1) is 5.41 Å². The van der Waals surface area contributed by atoms with Crippen LogP contribution in [0.2, 0.25) is 0 Å². The van der Waals surface area contributed by atoms with Crippen molar-refractivity contribution in [3.05, 3.63) is 0 Å². The predicted molar refractivity (Wildman–Crippen MR) is 54.9 cm³/mol. The standard InChI is InChI=1S/C8H15N3OS/c1-8(2,3)5-6(12)11(4)7(13)10-9-5/h5,9H,1-4H3,(H,10,13). The second-order valence-electron chi connectivity index (χ2n) is 4.27. The second kappa shape index (κ2) is 3.23. The minimum absolute atomic E-state index is 0.0104. The summed E-state index contributed by atoms with van der Waals surface area (Å²) < 4.78 is 0. The molecule has 2 N–H and O–H groups in total. The number of carbonyl (C=O) groups is 1. The molecule has 1 atom stereocenters. The Morgan fingerprint density at radius 1 is 1.46 bits per heavy atom. The third kappa shape index (κ3) is 1.97. The molecule has 0 aromatic carbocycles. The van der Waals surface area contributed by atoms with E-state index in [0.717, 1.165) is 0 Å². The number of hydrogen-bond acceptors (Lipinski definition) is 3. The third-order valence-corrected chi connectivity index (χ3v) is 2.45. The quantitative estimate of drug-likeness (QED) is 0.552. The van der Waals surface area contributed by atoms with Crippen molar-refractivity contribution in [2.24, 2.45) is 5.41 Å². The first-order valence-electron chi connectivity index (χ1n) is 4.17. The molecule has 74 valence electrons. The molecule has 1 aliphatic heterocycles. The summed E-state index contributed by atoms with van der Waals surface area (Å²) >= 11 is 4.91. The SMILES string of the molecule is CN1C(=O)C(C(C)(C)C)NNC1=S. The Bertz CT molecular complexity index is 246. The van der Waals surface area contributed by atoms with Crippen LogP contribution in [0.5, 0.6) is 0 Å². The molecule has 0 bridgehead atoms. The minimum Gasteiger partial charge on any atom is -0.297 e. The van der Waals surface area contributed by atoms with E-state index in [9.17, 15) is 4.79 Å². The van der Waals surface area contributed by atoms with Crippen molar-refractivity contribution < 1.29 is 4.79 Å². The minimum atomic E-state index is -0.232. The maximum absolute atomic E-state index is 11.7. The summed E-state index contributed by atoms with van der Waals surface area (Å²) in [5.41, 5.74) is 5.60. The second-order valence-corrected chi connectivity index (χ2v) is 4.66. The maximum Gasteiger partial charge on any atom is 0.247 e. The van der Waals surface area contributed by atoms with Crippen LogP contribution < -0.4 is 10.9 Å². The molecule has 1 rings (SSSR count). The van der Waals surface area contributed by atoms with Gasteiger partial charge in [-0.15, -0.1) is 0 Å². The molecule has 0 aliphatic carbocycles. The number of thiocarbonyl (C=S) groups is 1. The van der Waals surface area contributed by atoms with Gasteiger partial charge in [0.1, 0.15) is 6.04 Å². The number of nitrogens with zero attached hydrogens (tertiary/aromatic N) is 1. The summed E-state index contributed by atoms with van der Waals surface area (Å²) in [6.07, 6.45) is 0. The molecule has 1 heterocycles. The smallest absolute Gasteiger partial charge is 0.247 e. The number of hydrogen-bond donors (Lipinski definition) is 2. The zero-order valence-corrected chi connectivity index (χ0v) is 9.16. The van der Waals surface area contributed by atoms with Crippen molar-refractivity contribution in [1.29, 1.82) is 0 Å². The first-order valence-corrected chi connectivity index (χ1v) is 4.58. The van der Waals surface area contributed by atoms with Crippen LogP contribution in [0.3, 0.4) is 0 Å². The van der Waals surface area contributed by atoms with Crippen LogP contribution in [-0.4, -0.2) is 29.0 Å². The fraction of sp³-hybridized carbons (Fsp3) is 0.750. The average Bonchev–Trinajstić information content (AvgIpc) is 1.98. The highest BCUT2D eigenvalue weighted by atomic mass is 32.1. The summed E-state index contributed by atoms with van der Waals surface area (Å²) in [7, 11) is 1.68. The van der Waals surface area contributed by atoms with Gasteiger partial charge in [0, 0.05) is 7.05 Å². The van der Waals surface area contributed by atoms with Gasteiger partial charge in [0.05, 0.1) is 0 Å². The molecule has 1 saturated heterocycles. The lowest BCUT2D eigenvalue weighted by Crippen LogP contribution is -2.66. The van der Waals surface area contributed by atoms with E-state index in [1.807, 2.05) is 20.8 Å². The van der Waals surface area contributed by atoms with E-state index < -0.39 is 0 Å². The van der Waals surface area contributed by atoms with E-state index in [2.05, 4.69) is 10.9 Å². The highest BCUT2D eigenvalue weighted by Crippen LogP contribution is 2.21. The van der Waals surface area contributed by atoms with Crippen molar-refractivity contribution in [3.8, 4) is 0 Å². The predicted octanol–water partition coefficient (Wildman–Crippen LogP) is 0.252. The van der Waals surface area contributed by atoms with Crippen LogP contribution in [0.1, 0.15) is 20.8 Å². The molecule has 13 heavy (non-hydrogen) atoms. The Balaban J connectivity index is 2.82. The summed E-state index contributed by atoms with van der Waals surface area (Å²) in [4.78, 5) is 13.2. The molecule has 1 amide bonds. The Labute approximate surface area is 83.6 Å². The normalized spacial score (nSPS) is 24.6. The molecular formula is C8H15N3OS. The van der Waals surface area contributed by atoms with Crippen molar-refractivity contribution in [1.82, 2.24) is 15.8 Å². The molecule has 4 nitrogen and oxygen atoms in total. The van der Waals surface area contributed by atoms with Gasteiger partial charge in [-0.1, -0.05) is 20.8 Å². The summed E-state index contributed by atoms with van der Waals surface area (Å²) in [5.74, 6) is 0.0104. The van der Waals surface area contributed by atoms with Crippen LogP contribution in [-0.2, 0) is 4.79 Å². The molecule has 1 unspecified atom stereocenters. The van der Waals surface area contributed by atoms with Crippen LogP contribution in [0.4, 0.5) is 0 Å². The summed E-state index contributed by atoms with van der Waals surface area (Å²) in [6.45, 7) is 6.02. The van der Waals surface area contributed by atoms with E-state index in [-0.39, 0.29) is 17.4 Å². The third-order valence-electron chi connectivity index (χ3n) is 2.07. The van der Waals surface area contributed by atoms with Gasteiger partial charge in [-0.05, 0) is 17.6 Å². The number of hydrazine groups is 1. The fourth-order valence-corrected chi connectivity index (χ4v) is 1.31. The van der Waals surface area contributed by atoms with Gasteiger partial charge in [0.2, 0.25) is 5.91 Å². The van der Waals surface area contributed by atoms with Gasteiger partial charge < -0.3 is 0 Å². The lowest BCUT2D eigenvalue weighted by Gasteiger charge is -2.38. The highest BCUT2D eigenvalue weighted by molar-refractivity contribution is 7.80. The monoisotopic (exact) mass is 201 g/mol. The molecule has 0 radical (unpaired) electrons. The number of amides is 1. The lowest BCUT2D eigenvalue weighted by atomic mass is 9.86. The molecule has 0 aromatic heterocycles. The van der Waals surface area contributed by atoms with Gasteiger partial charge in [-0.3, -0.25) is 15.1 Å². The van der Waals surface area contributed by atoms with Crippen molar-refractivity contribution in [2.75, 3.05) is 7.05 Å². The van der Waals surface area contributed by atoms with E-state index in [1.54, 1.807) is 7.05 Å². The van der Waals surface area contributed by atoms with Crippen molar-refractivity contribution in [2.45, 2.75) is 26.8 Å². The van der Waals surface area contributed by atoms with Crippen LogP contribution in [0.15, 0.2) is 0 Å². The summed E-state index contributed by atoms with van der Waals surface area (Å²) in [6, 6.07) is -0.232. The van der Waals surface area contributed by atoms with Gasteiger partial charge in [0.15, 0.2) is 5.11 Å². The Morgan fingerprint density at radius 3 is 2.46 bits per heavy atom. The summed E-state index contributed by atoms with van der Waals surface area (Å²) in [5, 5.41) is 0.422. The van der Waals surface area contributed by atoms with Gasteiger partial charge in [0.25, 0.3) is 0 Å². The van der Waals surface area contributed by atoms with E-state index in [1.165, 1.54) is 4.90 Å². The van der Waals surface area contributed by atoms with Gasteiger partial charge in [-0.2, -0.15) is 0 Å². The van der Waals surface area contributed by atoms with E-state index in [4.69, 9.17) is 12.2 Å². The van der Waals surface area contributed by atoms with E-state index in [0.29, 0.717) is 5.11 Å². The molecule has 5 heteroatoms. The molecule has 0 aromatic rings. The van der Waals surface area contributed by atoms with Crippen LogP contribution >= 0.6 is 12.2 Å². The number of carbonyl (C=O) groups excluding carboxylic acids is 1. The topological polar surface area (TPSA) is 44.4 Å². The Kier molecular flexibility index (Phi) is 2.58. The maximum atomic E-state index is 11.7. The highest BCUT2D eigenvalue weighted by Gasteiger charge is 2.37. The van der Waals surface area contributed by atoms with Crippen molar-refractivity contribution >= 4 is 23.2 Å². The van der Waals surface area contributed by atoms with Crippen molar-refractivity contribution in [3.63, 3.8) is 0 Å². The molecule has 1 aliphatic rings. The number of rotatable bonds is 0. The average molecular weight is 201 g/mol. The van der Waals surface area contributed by atoms with Gasteiger partial charge in [-0.25, -0.2) is 5.43 Å². The first kappa shape index (κ1) is 10.4. The Hall–Kier alpha value is -0.680. The van der Waals surface area contributed by atoms with Gasteiger partial charge >= 0.3 is 0 Å². The first-order chi connectivity index (χ1) is 5.84. The van der Waals surface area contributed by atoms with E-state index >= 15 is 0 Å². The fourth-order valence-electron chi connectivity index (χ4n) is 1.16. The number of likely N-dealkylation sites (N-methyl/N-ethyl adjacent to an activating group) is 1. The Morgan fingerprint density at radius 2 is 2.00 bits per heavy atom.